The highest BCUT2D eigenvalue weighted by molar-refractivity contribution is 5.98. The summed E-state index contributed by atoms with van der Waals surface area (Å²) >= 11 is 0. The summed E-state index contributed by atoms with van der Waals surface area (Å²) in [6.07, 6.45) is 0.150. The molecule has 0 aliphatic heterocycles. The molecule has 1 rings (SSSR count). The smallest absolute Gasteiger partial charge is 0.454 e. The van der Waals surface area contributed by atoms with Crippen molar-refractivity contribution < 1.29 is 28.6 Å². The average Bonchev–Trinajstić information content (AvgIpc) is 2.43. The predicted molar refractivity (Wildman–Crippen MR) is 78.8 cm³/mol. The molecule has 0 N–H and O–H groups in total. The van der Waals surface area contributed by atoms with Gasteiger partial charge in [-0.3, -0.25) is 4.79 Å². The third-order valence-corrected chi connectivity index (χ3v) is 2.28. The van der Waals surface area contributed by atoms with Crippen LogP contribution in [0.2, 0.25) is 0 Å². The maximum atomic E-state index is 11.7. The van der Waals surface area contributed by atoms with Crippen LogP contribution in [0.25, 0.3) is 0 Å². The predicted octanol–water partition coefficient (Wildman–Crippen LogP) is 2.91. The zero-order chi connectivity index (χ0) is 16.8. The van der Waals surface area contributed by atoms with Crippen LogP contribution >= 0.6 is 0 Å². The van der Waals surface area contributed by atoms with Crippen molar-refractivity contribution in [2.24, 2.45) is 0 Å². The summed E-state index contributed by atoms with van der Waals surface area (Å²) in [7, 11) is 0. The van der Waals surface area contributed by atoms with Crippen LogP contribution in [0.4, 0.5) is 4.79 Å². The Morgan fingerprint density at radius 2 is 1.73 bits per heavy atom. The highest BCUT2D eigenvalue weighted by atomic mass is 16.7. The lowest BCUT2D eigenvalue weighted by Crippen LogP contribution is -2.25. The number of ether oxygens (including phenoxy) is 3. The Morgan fingerprint density at radius 1 is 1.14 bits per heavy atom. The number of carbonyl (C=O) groups excluding carboxylic acids is 3. The lowest BCUT2D eigenvalue weighted by molar-refractivity contribution is -0.136. The van der Waals surface area contributed by atoms with E-state index in [-0.39, 0.29) is 18.1 Å². The average molecular weight is 306 g/mol. The van der Waals surface area contributed by atoms with Gasteiger partial charge in [-0.25, -0.2) is 9.59 Å². The van der Waals surface area contributed by atoms with Crippen LogP contribution in [0.3, 0.4) is 0 Å². The maximum Gasteiger partial charge on any atom is 0.514 e. The molecule has 118 valence electrons. The molecule has 0 aliphatic rings. The topological polar surface area (TPSA) is 78.9 Å². The Morgan fingerprint density at radius 3 is 2.23 bits per heavy atom. The molecule has 6 nitrogen and oxygen atoms in total. The summed E-state index contributed by atoms with van der Waals surface area (Å²) in [5.74, 6) is -0.800. The van der Waals surface area contributed by atoms with Gasteiger partial charge in [-0.2, -0.15) is 0 Å². The SMILES string of the molecule is C=CC(=O)OCC(=O)c1ccc(OC(=O)OC(C)(C)C)cc1. The fraction of sp³-hybridized carbons (Fsp3) is 0.312. The Labute approximate surface area is 128 Å². The first-order valence-corrected chi connectivity index (χ1v) is 6.54. The van der Waals surface area contributed by atoms with Gasteiger partial charge < -0.3 is 14.2 Å². The van der Waals surface area contributed by atoms with E-state index in [0.29, 0.717) is 5.56 Å². The van der Waals surface area contributed by atoms with Crippen LogP contribution in [-0.2, 0) is 14.3 Å². The van der Waals surface area contributed by atoms with Gasteiger partial charge in [0.25, 0.3) is 0 Å². The summed E-state index contributed by atoms with van der Waals surface area (Å²) < 4.78 is 14.6. The molecular formula is C16H18O6. The van der Waals surface area contributed by atoms with E-state index in [9.17, 15) is 14.4 Å². The summed E-state index contributed by atoms with van der Waals surface area (Å²) in [5, 5.41) is 0. The molecule has 1 aromatic carbocycles. The zero-order valence-electron chi connectivity index (χ0n) is 12.8. The summed E-state index contributed by atoms with van der Waals surface area (Å²) in [5.41, 5.74) is -0.324. The van der Waals surface area contributed by atoms with Gasteiger partial charge in [0.15, 0.2) is 12.4 Å². The standard InChI is InChI=1S/C16H18O6/c1-5-14(18)20-10-13(17)11-6-8-12(9-7-11)21-15(19)22-16(2,3)4/h5-9H,1,10H2,2-4H3. The molecular weight excluding hydrogens is 288 g/mol. The van der Waals surface area contributed by atoms with Gasteiger partial charge in [-0.05, 0) is 45.0 Å². The van der Waals surface area contributed by atoms with E-state index in [1.54, 1.807) is 20.8 Å². The van der Waals surface area contributed by atoms with Crippen molar-refractivity contribution in [1.29, 1.82) is 0 Å². The van der Waals surface area contributed by atoms with Crippen molar-refractivity contribution >= 4 is 17.9 Å². The third kappa shape index (κ3) is 6.21. The summed E-state index contributed by atoms with van der Waals surface area (Å²) in [4.78, 5) is 34.1. The minimum Gasteiger partial charge on any atom is -0.454 e. The lowest BCUT2D eigenvalue weighted by atomic mass is 10.1. The van der Waals surface area contributed by atoms with Crippen molar-refractivity contribution in [1.82, 2.24) is 0 Å². The molecule has 1 aromatic rings. The number of rotatable bonds is 5. The van der Waals surface area contributed by atoms with Gasteiger partial charge in [0.2, 0.25) is 0 Å². The molecule has 0 amide bonds. The normalized spacial score (nSPS) is 10.5. The summed E-state index contributed by atoms with van der Waals surface area (Å²) in [6, 6.07) is 5.83. The Bertz CT molecular complexity index is 565. The van der Waals surface area contributed by atoms with Gasteiger partial charge in [0, 0.05) is 11.6 Å². The molecule has 0 fully saturated rings. The van der Waals surface area contributed by atoms with Crippen molar-refractivity contribution in [2.45, 2.75) is 26.4 Å². The second-order valence-electron chi connectivity index (χ2n) is 5.33. The molecule has 0 radical (unpaired) electrons. The van der Waals surface area contributed by atoms with Crippen molar-refractivity contribution in [3.05, 3.63) is 42.5 Å². The Kier molecular flexibility index (Phi) is 5.86. The van der Waals surface area contributed by atoms with E-state index in [2.05, 4.69) is 11.3 Å². The quantitative estimate of drug-likeness (QED) is 0.360. The molecule has 0 spiro atoms. The van der Waals surface area contributed by atoms with Crippen LogP contribution in [0.5, 0.6) is 5.75 Å². The molecule has 6 heteroatoms. The number of carbonyl (C=O) groups is 3. The number of benzene rings is 1. The highest BCUT2D eigenvalue weighted by Gasteiger charge is 2.18. The fourth-order valence-corrected chi connectivity index (χ4v) is 1.35. The Hall–Kier alpha value is -2.63. The van der Waals surface area contributed by atoms with Crippen LogP contribution < -0.4 is 4.74 Å². The van der Waals surface area contributed by atoms with Crippen LogP contribution in [-0.4, -0.2) is 30.1 Å². The molecule has 0 aromatic heterocycles. The molecule has 0 saturated heterocycles. The largest absolute Gasteiger partial charge is 0.514 e. The lowest BCUT2D eigenvalue weighted by Gasteiger charge is -2.18. The highest BCUT2D eigenvalue weighted by Crippen LogP contribution is 2.15. The van der Waals surface area contributed by atoms with Crippen LogP contribution in [0.15, 0.2) is 36.9 Å². The second-order valence-corrected chi connectivity index (χ2v) is 5.33. The number of hydrogen-bond donors (Lipinski definition) is 0. The molecule has 22 heavy (non-hydrogen) atoms. The molecule has 0 saturated carbocycles. The van der Waals surface area contributed by atoms with Crippen molar-refractivity contribution in [3.63, 3.8) is 0 Å². The van der Waals surface area contributed by atoms with E-state index in [4.69, 9.17) is 9.47 Å². The van der Waals surface area contributed by atoms with E-state index < -0.39 is 17.7 Å². The molecule has 0 atom stereocenters. The van der Waals surface area contributed by atoms with E-state index in [1.807, 2.05) is 0 Å². The van der Waals surface area contributed by atoms with Crippen molar-refractivity contribution in [3.8, 4) is 5.75 Å². The van der Waals surface area contributed by atoms with E-state index in [0.717, 1.165) is 6.08 Å². The zero-order valence-corrected chi connectivity index (χ0v) is 12.8. The number of esters is 1. The van der Waals surface area contributed by atoms with Gasteiger partial charge in [0.05, 0.1) is 0 Å². The van der Waals surface area contributed by atoms with E-state index >= 15 is 0 Å². The first kappa shape index (κ1) is 17.4. The third-order valence-electron chi connectivity index (χ3n) is 2.28. The van der Waals surface area contributed by atoms with Crippen molar-refractivity contribution in [2.75, 3.05) is 6.61 Å². The minimum atomic E-state index is -0.827. The first-order chi connectivity index (χ1) is 10.2. The molecule has 0 aliphatic carbocycles. The minimum absolute atomic E-state index is 0.244. The summed E-state index contributed by atoms with van der Waals surface area (Å²) in [6.45, 7) is 8.02. The van der Waals surface area contributed by atoms with Crippen LogP contribution in [0.1, 0.15) is 31.1 Å². The molecule has 0 heterocycles. The molecule has 0 unspecified atom stereocenters. The fourth-order valence-electron chi connectivity index (χ4n) is 1.35. The van der Waals surface area contributed by atoms with E-state index in [1.165, 1.54) is 24.3 Å². The number of Topliss-reactive ketones (excluding diaryl/α,β-unsaturated/α-hetero) is 1. The number of hydrogen-bond acceptors (Lipinski definition) is 6. The van der Waals surface area contributed by atoms with Gasteiger partial charge in [0.1, 0.15) is 11.4 Å². The molecule has 0 bridgehead atoms. The van der Waals surface area contributed by atoms with Crippen LogP contribution in [0, 0.1) is 0 Å². The number of ketones is 1. The second kappa shape index (κ2) is 7.40. The van der Waals surface area contributed by atoms with Gasteiger partial charge in [-0.1, -0.05) is 6.58 Å². The monoisotopic (exact) mass is 306 g/mol. The van der Waals surface area contributed by atoms with Gasteiger partial charge in [-0.15, -0.1) is 0 Å². The maximum absolute atomic E-state index is 11.7. The first-order valence-electron chi connectivity index (χ1n) is 6.54. The van der Waals surface area contributed by atoms with Gasteiger partial charge >= 0.3 is 12.1 Å². The Balaban J connectivity index is 2.59.